The van der Waals surface area contributed by atoms with Gasteiger partial charge in [-0.05, 0) is 37.6 Å². The lowest BCUT2D eigenvalue weighted by Gasteiger charge is -2.07. The molecule has 2 N–H and O–H groups in total. The number of halogens is 1. The van der Waals surface area contributed by atoms with Crippen LogP contribution in [-0.2, 0) is 24.3 Å². The molecule has 0 radical (unpaired) electrons. The lowest BCUT2D eigenvalue weighted by atomic mass is 10.2. The Labute approximate surface area is 122 Å². The molecule has 0 aliphatic carbocycles. The fraction of sp³-hybridized carbons (Fsp3) is 0.333. The number of hydrogen-bond donors (Lipinski definition) is 1. The summed E-state index contributed by atoms with van der Waals surface area (Å²) >= 11 is 0. The van der Waals surface area contributed by atoms with Crippen LogP contribution in [0.15, 0.2) is 24.3 Å². The number of carbonyl (C=O) groups excluding carboxylic acids is 1. The Hall–Kier alpha value is -2.37. The van der Waals surface area contributed by atoms with E-state index in [1.54, 1.807) is 4.68 Å². The maximum Gasteiger partial charge on any atom is 0.338 e. The Balaban J connectivity index is 2.06. The number of aryl methyl sites for hydroxylation is 2. The molecule has 6 heteroatoms. The first kappa shape index (κ1) is 15.0. The van der Waals surface area contributed by atoms with Crippen LogP contribution in [0.25, 0.3) is 0 Å². The van der Waals surface area contributed by atoms with Gasteiger partial charge in [0.2, 0.25) is 0 Å². The second kappa shape index (κ2) is 6.39. The number of nitrogens with two attached hydrogens (primary N) is 1. The van der Waals surface area contributed by atoms with Crippen LogP contribution in [0.5, 0.6) is 0 Å². The third-order valence-electron chi connectivity index (χ3n) is 3.16. The van der Waals surface area contributed by atoms with E-state index in [1.807, 2.05) is 19.9 Å². The number of benzene rings is 1. The molecule has 1 heterocycles. The van der Waals surface area contributed by atoms with Crippen LogP contribution in [0, 0.1) is 5.82 Å². The van der Waals surface area contributed by atoms with Gasteiger partial charge in [-0.3, -0.25) is 4.68 Å². The molecule has 0 aliphatic rings. The van der Waals surface area contributed by atoms with E-state index in [1.165, 1.54) is 12.1 Å². The first-order chi connectivity index (χ1) is 10.0. The van der Waals surface area contributed by atoms with E-state index in [4.69, 9.17) is 10.5 Å². The normalized spacial score (nSPS) is 10.6. The number of nitrogens with zero attached hydrogens (tertiary/aromatic N) is 2. The van der Waals surface area contributed by atoms with E-state index in [0.29, 0.717) is 6.54 Å². The minimum Gasteiger partial charge on any atom is -0.456 e. The molecule has 0 fully saturated rings. The van der Waals surface area contributed by atoms with Crippen molar-refractivity contribution in [3.8, 4) is 0 Å². The van der Waals surface area contributed by atoms with Crippen molar-refractivity contribution in [2.75, 3.05) is 5.73 Å². The highest BCUT2D eigenvalue weighted by atomic mass is 19.1. The molecule has 0 unspecified atom stereocenters. The van der Waals surface area contributed by atoms with Crippen molar-refractivity contribution in [2.45, 2.75) is 33.4 Å². The zero-order valence-corrected chi connectivity index (χ0v) is 12.1. The van der Waals surface area contributed by atoms with Crippen LogP contribution in [0.1, 0.15) is 35.6 Å². The van der Waals surface area contributed by atoms with E-state index in [9.17, 15) is 9.18 Å². The van der Waals surface area contributed by atoms with Crippen LogP contribution in [-0.4, -0.2) is 15.7 Å². The van der Waals surface area contributed by atoms with Crippen LogP contribution in [0.3, 0.4) is 0 Å². The summed E-state index contributed by atoms with van der Waals surface area (Å²) in [5.41, 5.74) is 7.38. The molecule has 0 saturated carbocycles. The van der Waals surface area contributed by atoms with Gasteiger partial charge < -0.3 is 10.5 Å². The largest absolute Gasteiger partial charge is 0.456 e. The number of carbonyl (C=O) groups is 1. The summed E-state index contributed by atoms with van der Waals surface area (Å²) in [7, 11) is 0. The summed E-state index contributed by atoms with van der Waals surface area (Å²) in [6, 6.07) is 5.68. The monoisotopic (exact) mass is 291 g/mol. The molecule has 5 nitrogen and oxygen atoms in total. The van der Waals surface area contributed by atoms with E-state index >= 15 is 0 Å². The molecule has 0 bridgehead atoms. The van der Waals surface area contributed by atoms with Crippen LogP contribution >= 0.6 is 0 Å². The molecule has 21 heavy (non-hydrogen) atoms. The number of anilines is 1. The maximum atomic E-state index is 13.1. The molecular weight excluding hydrogens is 273 g/mol. The van der Waals surface area contributed by atoms with Crippen molar-refractivity contribution in [3.63, 3.8) is 0 Å². The first-order valence-electron chi connectivity index (χ1n) is 6.82. The number of aromatic nitrogens is 2. The summed E-state index contributed by atoms with van der Waals surface area (Å²) in [6.45, 7) is 4.81. The summed E-state index contributed by atoms with van der Waals surface area (Å²) in [4.78, 5) is 11.9. The molecule has 0 amide bonds. The van der Waals surface area contributed by atoms with Gasteiger partial charge in [-0.2, -0.15) is 5.10 Å². The molecule has 2 rings (SSSR count). The van der Waals surface area contributed by atoms with E-state index in [-0.39, 0.29) is 17.9 Å². The second-order valence-corrected chi connectivity index (χ2v) is 4.61. The van der Waals surface area contributed by atoms with Crippen molar-refractivity contribution in [2.24, 2.45) is 0 Å². The van der Waals surface area contributed by atoms with Gasteiger partial charge in [0.25, 0.3) is 0 Å². The van der Waals surface area contributed by atoms with Gasteiger partial charge in [0.05, 0.1) is 22.6 Å². The number of hydrogen-bond acceptors (Lipinski definition) is 4. The van der Waals surface area contributed by atoms with Gasteiger partial charge >= 0.3 is 5.97 Å². The van der Waals surface area contributed by atoms with Crippen LogP contribution in [0.4, 0.5) is 10.1 Å². The summed E-state index contributed by atoms with van der Waals surface area (Å²) < 4.78 is 20.1. The van der Waals surface area contributed by atoms with Crippen molar-refractivity contribution in [1.29, 1.82) is 0 Å². The minimum atomic E-state index is -0.553. The van der Waals surface area contributed by atoms with Crippen LogP contribution in [0.2, 0.25) is 0 Å². The molecule has 0 aliphatic heterocycles. The molecule has 2 aromatic rings. The lowest BCUT2D eigenvalue weighted by molar-refractivity contribution is 0.0462. The highest BCUT2D eigenvalue weighted by molar-refractivity contribution is 5.90. The Morgan fingerprint density at radius 2 is 2.14 bits per heavy atom. The Morgan fingerprint density at radius 1 is 1.38 bits per heavy atom. The number of esters is 1. The lowest BCUT2D eigenvalue weighted by Crippen LogP contribution is -2.10. The quantitative estimate of drug-likeness (QED) is 0.679. The summed E-state index contributed by atoms with van der Waals surface area (Å²) in [5.74, 6) is -1.09. The SMILES string of the molecule is CCc1cc(COC(=O)c2ccc(F)c(N)c2)n(CC)n1. The molecule has 1 aromatic heterocycles. The zero-order valence-electron chi connectivity index (χ0n) is 12.1. The third-order valence-corrected chi connectivity index (χ3v) is 3.16. The van der Waals surface area contributed by atoms with Crippen LogP contribution < -0.4 is 5.73 Å². The van der Waals surface area contributed by atoms with Crippen molar-refractivity contribution >= 4 is 11.7 Å². The van der Waals surface area contributed by atoms with Gasteiger partial charge in [0, 0.05) is 6.54 Å². The van der Waals surface area contributed by atoms with Gasteiger partial charge in [-0.15, -0.1) is 0 Å². The molecular formula is C15H18FN3O2. The predicted molar refractivity (Wildman–Crippen MR) is 77.2 cm³/mol. The fourth-order valence-electron chi connectivity index (χ4n) is 1.97. The van der Waals surface area contributed by atoms with Gasteiger partial charge in [0.1, 0.15) is 12.4 Å². The summed E-state index contributed by atoms with van der Waals surface area (Å²) in [6.07, 6.45) is 0.822. The number of ether oxygens (including phenoxy) is 1. The highest BCUT2D eigenvalue weighted by Gasteiger charge is 2.12. The van der Waals surface area contributed by atoms with Gasteiger partial charge in [-0.25, -0.2) is 9.18 Å². The molecule has 112 valence electrons. The molecule has 0 saturated heterocycles. The first-order valence-corrected chi connectivity index (χ1v) is 6.82. The van der Waals surface area contributed by atoms with Gasteiger partial charge in [-0.1, -0.05) is 6.92 Å². The van der Waals surface area contributed by atoms with Gasteiger partial charge in [0.15, 0.2) is 0 Å². The molecule has 1 aromatic carbocycles. The minimum absolute atomic E-state index is 0.0729. The number of nitrogen functional groups attached to an aromatic ring is 1. The van der Waals surface area contributed by atoms with Crippen molar-refractivity contribution < 1.29 is 13.9 Å². The van der Waals surface area contributed by atoms with E-state index in [0.717, 1.165) is 23.9 Å². The standard InChI is InChI=1S/C15H18FN3O2/c1-3-11-8-12(19(4-2)18-11)9-21-15(20)10-5-6-13(16)14(17)7-10/h5-8H,3-4,9,17H2,1-2H3. The Kier molecular flexibility index (Phi) is 4.57. The van der Waals surface area contributed by atoms with E-state index < -0.39 is 11.8 Å². The maximum absolute atomic E-state index is 13.1. The molecule has 0 atom stereocenters. The average Bonchev–Trinajstić information content (AvgIpc) is 2.90. The average molecular weight is 291 g/mol. The summed E-state index contributed by atoms with van der Waals surface area (Å²) in [5, 5.41) is 4.38. The van der Waals surface area contributed by atoms with E-state index in [2.05, 4.69) is 5.10 Å². The van der Waals surface area contributed by atoms with Crippen molar-refractivity contribution in [3.05, 3.63) is 47.0 Å². The fourth-order valence-corrected chi connectivity index (χ4v) is 1.97. The van der Waals surface area contributed by atoms with Crippen molar-refractivity contribution in [1.82, 2.24) is 9.78 Å². The molecule has 0 spiro atoms. The topological polar surface area (TPSA) is 70.1 Å². The second-order valence-electron chi connectivity index (χ2n) is 4.61. The Morgan fingerprint density at radius 3 is 2.76 bits per heavy atom. The zero-order chi connectivity index (χ0) is 15.4. The highest BCUT2D eigenvalue weighted by Crippen LogP contribution is 2.14. The third kappa shape index (κ3) is 3.39. The smallest absolute Gasteiger partial charge is 0.338 e. The predicted octanol–water partition coefficient (Wildman–Crippen LogP) is 2.54. The Bertz CT molecular complexity index is 652. The number of rotatable bonds is 5.